The zero-order chi connectivity index (χ0) is 11.4. The monoisotopic (exact) mass is 249 g/mol. The van der Waals surface area contributed by atoms with Crippen molar-refractivity contribution in [2.45, 2.75) is 13.5 Å². The van der Waals surface area contributed by atoms with E-state index in [4.69, 9.17) is 0 Å². The lowest BCUT2D eigenvalue weighted by atomic mass is 10.1. The highest BCUT2D eigenvalue weighted by atomic mass is 35.5. The third-order valence-electron chi connectivity index (χ3n) is 2.61. The van der Waals surface area contributed by atoms with Crippen LogP contribution in [-0.4, -0.2) is 5.11 Å². The van der Waals surface area contributed by atoms with Gasteiger partial charge in [0, 0.05) is 17.8 Å². The van der Waals surface area contributed by atoms with Crippen molar-refractivity contribution in [1.29, 1.82) is 0 Å². The summed E-state index contributed by atoms with van der Waals surface area (Å²) in [5, 5.41) is 12.9. The van der Waals surface area contributed by atoms with Crippen molar-refractivity contribution in [3.05, 3.63) is 59.7 Å². The smallest absolute Gasteiger partial charge is 0.120 e. The normalized spacial score (nSPS) is 9.47. The Morgan fingerprint density at radius 2 is 1.65 bits per heavy atom. The fraction of sp³-hybridized carbons (Fsp3) is 0.143. The van der Waals surface area contributed by atoms with E-state index in [9.17, 15) is 5.11 Å². The summed E-state index contributed by atoms with van der Waals surface area (Å²) in [5.41, 5.74) is 3.22. The summed E-state index contributed by atoms with van der Waals surface area (Å²) < 4.78 is 0. The lowest BCUT2D eigenvalue weighted by Gasteiger charge is -2.10. The third-order valence-corrected chi connectivity index (χ3v) is 2.61. The average molecular weight is 250 g/mol. The number of hydrogen-bond acceptors (Lipinski definition) is 2. The molecule has 0 aliphatic rings. The van der Waals surface area contributed by atoms with Gasteiger partial charge in [-0.15, -0.1) is 12.4 Å². The fourth-order valence-electron chi connectivity index (χ4n) is 1.62. The first-order chi connectivity index (χ1) is 7.77. The zero-order valence-electron chi connectivity index (χ0n) is 9.68. The van der Waals surface area contributed by atoms with Gasteiger partial charge in [0.05, 0.1) is 0 Å². The topological polar surface area (TPSA) is 32.3 Å². The third kappa shape index (κ3) is 3.40. The van der Waals surface area contributed by atoms with Crippen molar-refractivity contribution in [2.75, 3.05) is 5.32 Å². The van der Waals surface area contributed by atoms with Gasteiger partial charge in [0.25, 0.3) is 0 Å². The molecule has 0 fully saturated rings. The second-order valence-electron chi connectivity index (χ2n) is 3.80. The molecule has 2 aromatic rings. The highest BCUT2D eigenvalue weighted by Crippen LogP contribution is 2.19. The number of nitrogens with one attached hydrogen (secondary N) is 1. The first kappa shape index (κ1) is 13.4. The van der Waals surface area contributed by atoms with Gasteiger partial charge in [-0.25, -0.2) is 0 Å². The Hall–Kier alpha value is -1.67. The Morgan fingerprint density at radius 1 is 1.00 bits per heavy atom. The number of benzene rings is 2. The van der Waals surface area contributed by atoms with Gasteiger partial charge >= 0.3 is 0 Å². The second kappa shape index (κ2) is 6.16. The molecule has 0 aliphatic carbocycles. The Labute approximate surface area is 108 Å². The van der Waals surface area contributed by atoms with Crippen LogP contribution in [0.25, 0.3) is 0 Å². The first-order valence-corrected chi connectivity index (χ1v) is 5.34. The molecule has 17 heavy (non-hydrogen) atoms. The van der Waals surface area contributed by atoms with Crippen molar-refractivity contribution >= 4 is 18.1 Å². The van der Waals surface area contributed by atoms with Crippen LogP contribution in [0, 0.1) is 6.92 Å². The summed E-state index contributed by atoms with van der Waals surface area (Å²) in [6, 6.07) is 15.5. The molecule has 0 amide bonds. The van der Waals surface area contributed by atoms with Crippen molar-refractivity contribution in [2.24, 2.45) is 0 Å². The zero-order valence-corrected chi connectivity index (χ0v) is 10.5. The van der Waals surface area contributed by atoms with Crippen molar-refractivity contribution < 1.29 is 5.11 Å². The summed E-state index contributed by atoms with van der Waals surface area (Å²) >= 11 is 0. The summed E-state index contributed by atoms with van der Waals surface area (Å²) in [6.07, 6.45) is 0. The number of phenolic OH excluding ortho intramolecular Hbond substituents is 1. The molecule has 0 saturated heterocycles. The highest BCUT2D eigenvalue weighted by Gasteiger charge is 2.00. The number of para-hydroxylation sites is 2. The largest absolute Gasteiger partial charge is 0.508 e. The first-order valence-electron chi connectivity index (χ1n) is 5.34. The maximum absolute atomic E-state index is 9.62. The molecule has 0 spiro atoms. The van der Waals surface area contributed by atoms with E-state index >= 15 is 0 Å². The van der Waals surface area contributed by atoms with Gasteiger partial charge in [0.15, 0.2) is 0 Å². The number of phenols is 1. The van der Waals surface area contributed by atoms with Crippen LogP contribution in [0.3, 0.4) is 0 Å². The molecular formula is C14H16ClNO. The summed E-state index contributed by atoms with van der Waals surface area (Å²) in [7, 11) is 0. The van der Waals surface area contributed by atoms with Crippen LogP contribution in [0.4, 0.5) is 5.69 Å². The Kier molecular flexibility index (Phi) is 4.85. The van der Waals surface area contributed by atoms with E-state index in [0.29, 0.717) is 12.3 Å². The van der Waals surface area contributed by atoms with Gasteiger partial charge < -0.3 is 10.4 Å². The second-order valence-corrected chi connectivity index (χ2v) is 3.80. The van der Waals surface area contributed by atoms with E-state index in [-0.39, 0.29) is 12.4 Å². The minimum absolute atomic E-state index is 0. The Morgan fingerprint density at radius 3 is 2.35 bits per heavy atom. The Balaban J connectivity index is 0.00000144. The van der Waals surface area contributed by atoms with Crippen LogP contribution in [0.15, 0.2) is 48.5 Å². The fourth-order valence-corrected chi connectivity index (χ4v) is 1.62. The maximum Gasteiger partial charge on any atom is 0.120 e. The van der Waals surface area contributed by atoms with Gasteiger partial charge in [-0.1, -0.05) is 36.4 Å². The molecule has 0 aliphatic heterocycles. The lowest BCUT2D eigenvalue weighted by molar-refractivity contribution is 0.469. The molecule has 0 atom stereocenters. The van der Waals surface area contributed by atoms with E-state index in [1.165, 1.54) is 5.56 Å². The van der Waals surface area contributed by atoms with Crippen molar-refractivity contribution in [1.82, 2.24) is 0 Å². The van der Waals surface area contributed by atoms with Crippen molar-refractivity contribution in [3.8, 4) is 5.75 Å². The number of rotatable bonds is 3. The SMILES string of the molecule is Cc1ccccc1NCc1ccccc1O.Cl. The molecule has 0 unspecified atom stereocenters. The molecule has 0 bridgehead atoms. The quantitative estimate of drug-likeness (QED) is 0.869. The molecule has 3 heteroatoms. The van der Waals surface area contributed by atoms with E-state index in [0.717, 1.165) is 11.3 Å². The molecule has 2 aromatic carbocycles. The molecule has 0 radical (unpaired) electrons. The van der Waals surface area contributed by atoms with Crippen LogP contribution >= 0.6 is 12.4 Å². The molecular weight excluding hydrogens is 234 g/mol. The number of anilines is 1. The van der Waals surface area contributed by atoms with Crippen LogP contribution in [-0.2, 0) is 6.54 Å². The molecule has 2 nitrogen and oxygen atoms in total. The number of aromatic hydroxyl groups is 1. The molecule has 2 N–H and O–H groups in total. The predicted molar refractivity (Wildman–Crippen MR) is 73.9 cm³/mol. The average Bonchev–Trinajstić information content (AvgIpc) is 2.30. The van der Waals surface area contributed by atoms with Gasteiger partial charge in [0.1, 0.15) is 5.75 Å². The predicted octanol–water partition coefficient (Wildman–Crippen LogP) is 3.73. The van der Waals surface area contributed by atoms with Crippen LogP contribution in [0.1, 0.15) is 11.1 Å². The number of hydrogen-bond donors (Lipinski definition) is 2. The summed E-state index contributed by atoms with van der Waals surface area (Å²) in [6.45, 7) is 2.70. The number of halogens is 1. The Bertz CT molecular complexity index is 440. The summed E-state index contributed by atoms with van der Waals surface area (Å²) in [4.78, 5) is 0. The minimum Gasteiger partial charge on any atom is -0.508 e. The van der Waals surface area contributed by atoms with Crippen LogP contribution in [0.2, 0.25) is 0 Å². The molecule has 0 heterocycles. The van der Waals surface area contributed by atoms with Crippen molar-refractivity contribution in [3.63, 3.8) is 0 Å². The van der Waals surface area contributed by atoms with Crippen LogP contribution < -0.4 is 5.32 Å². The van der Waals surface area contributed by atoms with E-state index < -0.39 is 0 Å². The van der Waals surface area contributed by atoms with Gasteiger partial charge in [0.2, 0.25) is 0 Å². The molecule has 2 rings (SSSR count). The van der Waals surface area contributed by atoms with E-state index in [1.807, 2.05) is 36.4 Å². The van der Waals surface area contributed by atoms with E-state index in [2.05, 4.69) is 18.3 Å². The highest BCUT2D eigenvalue weighted by molar-refractivity contribution is 5.85. The summed E-state index contributed by atoms with van der Waals surface area (Å²) in [5.74, 6) is 0.337. The van der Waals surface area contributed by atoms with Gasteiger partial charge in [-0.3, -0.25) is 0 Å². The van der Waals surface area contributed by atoms with Gasteiger partial charge in [-0.2, -0.15) is 0 Å². The standard InChI is InChI=1S/C14H15NO.ClH/c1-11-6-2-4-8-13(11)15-10-12-7-3-5-9-14(12)16;/h2-9,15-16H,10H2,1H3;1H. The molecule has 0 aromatic heterocycles. The number of aryl methyl sites for hydroxylation is 1. The molecule has 0 saturated carbocycles. The van der Waals surface area contributed by atoms with Gasteiger partial charge in [-0.05, 0) is 24.6 Å². The minimum atomic E-state index is 0. The van der Waals surface area contributed by atoms with Crippen LogP contribution in [0.5, 0.6) is 5.75 Å². The van der Waals surface area contributed by atoms with E-state index in [1.54, 1.807) is 6.07 Å². The molecule has 90 valence electrons. The maximum atomic E-state index is 9.62. The lowest BCUT2D eigenvalue weighted by Crippen LogP contribution is -2.00.